The van der Waals surface area contributed by atoms with Gasteiger partial charge in [0.05, 0.1) is 24.4 Å². The lowest BCUT2D eigenvalue weighted by Gasteiger charge is -2.36. The SMILES string of the molecule is O=C(Cn1ncc2c(N3CCN(c4ccccn4)CC3)ncnc21)NCc1ccco1. The van der Waals surface area contributed by atoms with Crippen LogP contribution in [0.1, 0.15) is 5.76 Å². The summed E-state index contributed by atoms with van der Waals surface area (Å²) in [5.41, 5.74) is 0.644. The maximum Gasteiger partial charge on any atom is 0.242 e. The fraction of sp³-hybridized carbons (Fsp3) is 0.286. The molecular formula is C21H22N8O2. The lowest BCUT2D eigenvalue weighted by molar-refractivity contribution is -0.122. The van der Waals surface area contributed by atoms with Crippen LogP contribution in [0.25, 0.3) is 11.0 Å². The van der Waals surface area contributed by atoms with Gasteiger partial charge in [-0.05, 0) is 24.3 Å². The first-order chi connectivity index (χ1) is 15.3. The number of pyridine rings is 1. The van der Waals surface area contributed by atoms with E-state index < -0.39 is 0 Å². The van der Waals surface area contributed by atoms with Gasteiger partial charge in [0.2, 0.25) is 5.91 Å². The highest BCUT2D eigenvalue weighted by molar-refractivity contribution is 5.88. The second-order valence-corrected chi connectivity index (χ2v) is 7.25. The Morgan fingerprint density at radius 3 is 2.68 bits per heavy atom. The number of carbonyl (C=O) groups is 1. The number of hydrogen-bond donors (Lipinski definition) is 1. The molecule has 31 heavy (non-hydrogen) atoms. The van der Waals surface area contributed by atoms with Crippen LogP contribution in [0.2, 0.25) is 0 Å². The zero-order chi connectivity index (χ0) is 21.0. The molecule has 4 aromatic rings. The molecule has 1 fully saturated rings. The minimum Gasteiger partial charge on any atom is -0.467 e. The summed E-state index contributed by atoms with van der Waals surface area (Å²) in [6, 6.07) is 9.56. The van der Waals surface area contributed by atoms with Crippen LogP contribution < -0.4 is 15.1 Å². The van der Waals surface area contributed by atoms with Crippen molar-refractivity contribution in [2.24, 2.45) is 0 Å². The van der Waals surface area contributed by atoms with Crippen LogP contribution in [0.5, 0.6) is 0 Å². The van der Waals surface area contributed by atoms with Crippen molar-refractivity contribution in [2.75, 3.05) is 36.0 Å². The second kappa shape index (κ2) is 8.42. The fourth-order valence-electron chi connectivity index (χ4n) is 3.73. The summed E-state index contributed by atoms with van der Waals surface area (Å²) in [7, 11) is 0. The van der Waals surface area contributed by atoms with Crippen LogP contribution in [-0.2, 0) is 17.9 Å². The zero-order valence-corrected chi connectivity index (χ0v) is 16.9. The van der Waals surface area contributed by atoms with E-state index in [-0.39, 0.29) is 12.5 Å². The largest absolute Gasteiger partial charge is 0.467 e. The third-order valence-corrected chi connectivity index (χ3v) is 5.30. The molecule has 10 heteroatoms. The molecule has 1 aliphatic heterocycles. The van der Waals surface area contributed by atoms with Gasteiger partial charge in [-0.3, -0.25) is 4.79 Å². The number of aromatic nitrogens is 5. The van der Waals surface area contributed by atoms with Gasteiger partial charge < -0.3 is 19.5 Å². The van der Waals surface area contributed by atoms with Gasteiger partial charge in [0.25, 0.3) is 0 Å². The van der Waals surface area contributed by atoms with Gasteiger partial charge in [-0.15, -0.1) is 0 Å². The van der Waals surface area contributed by atoms with Crippen molar-refractivity contribution in [2.45, 2.75) is 13.1 Å². The van der Waals surface area contributed by atoms with Crippen LogP contribution >= 0.6 is 0 Å². The van der Waals surface area contributed by atoms with Crippen LogP contribution in [0.4, 0.5) is 11.6 Å². The monoisotopic (exact) mass is 418 g/mol. The van der Waals surface area contributed by atoms with Crippen molar-refractivity contribution in [3.63, 3.8) is 0 Å². The second-order valence-electron chi connectivity index (χ2n) is 7.25. The number of rotatable bonds is 6. The summed E-state index contributed by atoms with van der Waals surface area (Å²) in [6.07, 6.45) is 6.66. The molecule has 0 spiro atoms. The Labute approximate surface area is 178 Å². The highest BCUT2D eigenvalue weighted by Crippen LogP contribution is 2.24. The molecule has 1 amide bonds. The summed E-state index contributed by atoms with van der Waals surface area (Å²) in [6.45, 7) is 3.76. The average molecular weight is 418 g/mol. The molecule has 10 nitrogen and oxygen atoms in total. The molecule has 158 valence electrons. The molecule has 0 atom stereocenters. The first-order valence-corrected chi connectivity index (χ1v) is 10.1. The van der Waals surface area contributed by atoms with Crippen molar-refractivity contribution in [3.8, 4) is 0 Å². The number of nitrogens with zero attached hydrogens (tertiary/aromatic N) is 7. The minimum absolute atomic E-state index is 0.0775. The number of amides is 1. The fourth-order valence-corrected chi connectivity index (χ4v) is 3.73. The van der Waals surface area contributed by atoms with E-state index in [1.165, 1.54) is 6.33 Å². The van der Waals surface area contributed by atoms with Crippen molar-refractivity contribution in [3.05, 3.63) is 61.1 Å². The van der Waals surface area contributed by atoms with Gasteiger partial charge in [0.1, 0.15) is 30.3 Å². The number of fused-ring (bicyclic) bond motifs is 1. The third kappa shape index (κ3) is 4.04. The predicted octanol–water partition coefficient (Wildman–Crippen LogP) is 1.46. The first kappa shape index (κ1) is 19.0. The Balaban J connectivity index is 1.27. The molecule has 0 aromatic carbocycles. The van der Waals surface area contributed by atoms with E-state index in [4.69, 9.17) is 4.42 Å². The molecule has 5 rings (SSSR count). The number of anilines is 2. The average Bonchev–Trinajstić information content (AvgIpc) is 3.49. The Kier molecular flexibility index (Phi) is 5.17. The van der Waals surface area contributed by atoms with E-state index in [1.807, 2.05) is 30.5 Å². The van der Waals surface area contributed by atoms with E-state index in [0.717, 1.165) is 43.2 Å². The maximum absolute atomic E-state index is 12.3. The van der Waals surface area contributed by atoms with E-state index in [2.05, 4.69) is 35.2 Å². The normalized spacial score (nSPS) is 14.2. The topological polar surface area (TPSA) is 105 Å². The van der Waals surface area contributed by atoms with E-state index in [1.54, 1.807) is 23.2 Å². The molecule has 1 aliphatic rings. The standard InChI is InChI=1S/C21H22N8O2/c30-19(23-12-16-4-3-11-31-16)14-29-21-17(13-26-29)20(24-15-25-21)28-9-7-27(8-10-28)18-5-1-2-6-22-18/h1-6,11,13,15H,7-10,12,14H2,(H,23,30). The third-order valence-electron chi connectivity index (χ3n) is 5.30. The molecule has 0 saturated carbocycles. The molecule has 4 aromatic heterocycles. The van der Waals surface area contributed by atoms with Gasteiger partial charge >= 0.3 is 0 Å². The Hall–Kier alpha value is -3.95. The van der Waals surface area contributed by atoms with E-state index in [9.17, 15) is 4.79 Å². The summed E-state index contributed by atoms with van der Waals surface area (Å²) in [4.78, 5) is 30.1. The summed E-state index contributed by atoms with van der Waals surface area (Å²) in [5, 5.41) is 8.05. The van der Waals surface area contributed by atoms with Gasteiger partial charge in [-0.2, -0.15) is 5.10 Å². The van der Waals surface area contributed by atoms with Crippen molar-refractivity contribution >= 4 is 28.6 Å². The van der Waals surface area contributed by atoms with Gasteiger partial charge in [0, 0.05) is 32.4 Å². The summed E-state index contributed by atoms with van der Waals surface area (Å²) >= 11 is 0. The number of carbonyl (C=O) groups excluding carboxylic acids is 1. The van der Waals surface area contributed by atoms with E-state index in [0.29, 0.717) is 18.0 Å². The first-order valence-electron chi connectivity index (χ1n) is 10.1. The number of nitrogens with one attached hydrogen (secondary N) is 1. The Morgan fingerprint density at radius 2 is 1.90 bits per heavy atom. The van der Waals surface area contributed by atoms with E-state index >= 15 is 0 Å². The highest BCUT2D eigenvalue weighted by Gasteiger charge is 2.22. The molecule has 0 aliphatic carbocycles. The highest BCUT2D eigenvalue weighted by atomic mass is 16.3. The minimum atomic E-state index is -0.162. The van der Waals surface area contributed by atoms with Gasteiger partial charge in [-0.25, -0.2) is 19.6 Å². The van der Waals surface area contributed by atoms with Crippen molar-refractivity contribution in [1.29, 1.82) is 0 Å². The molecule has 0 radical (unpaired) electrons. The number of hydrogen-bond acceptors (Lipinski definition) is 8. The van der Waals surface area contributed by atoms with Crippen LogP contribution in [0.15, 0.2) is 59.7 Å². The van der Waals surface area contributed by atoms with Crippen molar-refractivity contribution in [1.82, 2.24) is 30.0 Å². The van der Waals surface area contributed by atoms with Gasteiger partial charge in [-0.1, -0.05) is 6.07 Å². The smallest absolute Gasteiger partial charge is 0.242 e. The predicted molar refractivity (Wildman–Crippen MR) is 115 cm³/mol. The quantitative estimate of drug-likeness (QED) is 0.502. The van der Waals surface area contributed by atoms with Crippen LogP contribution in [0.3, 0.4) is 0 Å². The lowest BCUT2D eigenvalue weighted by Crippen LogP contribution is -2.47. The molecule has 0 unspecified atom stereocenters. The molecule has 0 bridgehead atoms. The van der Waals surface area contributed by atoms with Crippen LogP contribution in [-0.4, -0.2) is 56.8 Å². The zero-order valence-electron chi connectivity index (χ0n) is 16.9. The molecule has 5 heterocycles. The summed E-state index contributed by atoms with van der Waals surface area (Å²) < 4.78 is 6.84. The molecule has 1 saturated heterocycles. The maximum atomic E-state index is 12.3. The summed E-state index contributed by atoms with van der Waals surface area (Å²) in [5.74, 6) is 2.37. The number of piperazine rings is 1. The lowest BCUT2D eigenvalue weighted by atomic mass is 10.2. The Bertz CT molecular complexity index is 1150. The number of furan rings is 1. The molecule has 1 N–H and O–H groups in total. The van der Waals surface area contributed by atoms with Gasteiger partial charge in [0.15, 0.2) is 5.65 Å². The Morgan fingerprint density at radius 1 is 1.03 bits per heavy atom. The molecular weight excluding hydrogens is 396 g/mol. The van der Waals surface area contributed by atoms with Crippen LogP contribution in [0, 0.1) is 0 Å². The van der Waals surface area contributed by atoms with Crippen molar-refractivity contribution < 1.29 is 9.21 Å².